The van der Waals surface area contributed by atoms with Gasteiger partial charge in [0.25, 0.3) is 0 Å². The van der Waals surface area contributed by atoms with E-state index in [4.69, 9.17) is 5.73 Å². The van der Waals surface area contributed by atoms with E-state index in [0.29, 0.717) is 40.6 Å². The fraction of sp³-hybridized carbons (Fsp3) is 0.406. The number of likely N-dealkylation sites (tertiary alicyclic amines) is 1. The molecule has 0 bridgehead atoms. The number of carbonyl (C=O) groups excluding carboxylic acids is 1. The number of aliphatic hydroxyl groups excluding tert-OH is 1. The summed E-state index contributed by atoms with van der Waals surface area (Å²) in [6.45, 7) is 13.3. The van der Waals surface area contributed by atoms with Crippen molar-refractivity contribution in [2.75, 3.05) is 18.8 Å². The predicted molar refractivity (Wildman–Crippen MR) is 159 cm³/mol. The molecule has 0 radical (unpaired) electrons. The Bertz CT molecular complexity index is 1250. The normalized spacial score (nSPS) is 20.8. The summed E-state index contributed by atoms with van der Waals surface area (Å²) < 4.78 is 0. The number of nitrogens with two attached hydrogens (primary N) is 1. The summed E-state index contributed by atoms with van der Waals surface area (Å²) in [6.07, 6.45) is 18.2. The molecule has 2 aliphatic rings. The van der Waals surface area contributed by atoms with E-state index in [2.05, 4.69) is 34.4 Å². The van der Waals surface area contributed by atoms with Crippen LogP contribution >= 0.6 is 0 Å². The van der Waals surface area contributed by atoms with E-state index in [9.17, 15) is 15.2 Å². The molecule has 1 saturated heterocycles. The molecule has 4 N–H and O–H groups in total. The van der Waals surface area contributed by atoms with Crippen LogP contribution in [0.4, 0.5) is 5.82 Å². The Morgan fingerprint density at radius 3 is 2.67 bits per heavy atom. The molecule has 7 heteroatoms. The Kier molecular flexibility index (Phi) is 10.9. The maximum Gasteiger partial charge on any atom is 0.225 e. The fourth-order valence-electron chi connectivity index (χ4n) is 5.75. The Morgan fingerprint density at radius 2 is 1.97 bits per heavy atom. The van der Waals surface area contributed by atoms with Crippen LogP contribution in [0.3, 0.4) is 0 Å². The van der Waals surface area contributed by atoms with Gasteiger partial charge in [-0.15, -0.1) is 0 Å². The first-order valence-electron chi connectivity index (χ1n) is 13.8. The SMILES string of the molecule is C=C/C(=C(O)\C=C/C)c1cc(C(/C=C\C)=C/C(=C)NC(=O)CCN2CCCC3CCCCC32)c(C#N)c(N)n1. The van der Waals surface area contributed by atoms with Gasteiger partial charge in [-0.3, -0.25) is 9.69 Å². The van der Waals surface area contributed by atoms with Gasteiger partial charge in [-0.25, -0.2) is 4.98 Å². The zero-order chi connectivity index (χ0) is 28.4. The lowest BCUT2D eigenvalue weighted by Crippen LogP contribution is -2.47. The average molecular weight is 528 g/mol. The lowest BCUT2D eigenvalue weighted by molar-refractivity contribution is -0.121. The van der Waals surface area contributed by atoms with E-state index in [0.717, 1.165) is 19.0 Å². The quantitative estimate of drug-likeness (QED) is 0.246. The first-order valence-corrected chi connectivity index (χ1v) is 13.8. The lowest BCUT2D eigenvalue weighted by atomic mass is 9.78. The number of piperidine rings is 1. The van der Waals surface area contributed by atoms with Crippen LogP contribution in [0.1, 0.15) is 75.6 Å². The molecule has 2 unspecified atom stereocenters. The highest BCUT2D eigenvalue weighted by Crippen LogP contribution is 2.35. The predicted octanol–water partition coefficient (Wildman–Crippen LogP) is 6.20. The van der Waals surface area contributed by atoms with Gasteiger partial charge < -0.3 is 16.2 Å². The lowest BCUT2D eigenvalue weighted by Gasteiger charge is -2.44. The zero-order valence-corrected chi connectivity index (χ0v) is 23.2. The molecule has 39 heavy (non-hydrogen) atoms. The van der Waals surface area contributed by atoms with Crippen LogP contribution in [0.2, 0.25) is 0 Å². The number of fused-ring (bicyclic) bond motifs is 1. The van der Waals surface area contributed by atoms with Crippen LogP contribution in [-0.4, -0.2) is 40.0 Å². The van der Waals surface area contributed by atoms with E-state index < -0.39 is 0 Å². The number of anilines is 1. The number of carbonyl (C=O) groups is 1. The van der Waals surface area contributed by atoms with Crippen LogP contribution in [0.5, 0.6) is 0 Å². The average Bonchev–Trinajstić information content (AvgIpc) is 2.92. The van der Waals surface area contributed by atoms with Gasteiger partial charge in [0.1, 0.15) is 23.2 Å². The van der Waals surface area contributed by atoms with Crippen molar-refractivity contribution in [3.8, 4) is 6.07 Å². The molecule has 2 heterocycles. The van der Waals surface area contributed by atoms with Crippen molar-refractivity contribution < 1.29 is 9.90 Å². The number of aliphatic hydroxyl groups is 1. The van der Waals surface area contributed by atoms with E-state index in [-0.39, 0.29) is 23.0 Å². The highest BCUT2D eigenvalue weighted by molar-refractivity contribution is 5.86. The third-order valence-electron chi connectivity index (χ3n) is 7.51. The van der Waals surface area contributed by atoms with Crippen molar-refractivity contribution in [2.24, 2.45) is 5.92 Å². The van der Waals surface area contributed by atoms with Gasteiger partial charge >= 0.3 is 0 Å². The number of rotatable bonds is 10. The van der Waals surface area contributed by atoms with Gasteiger partial charge in [0.05, 0.1) is 5.69 Å². The van der Waals surface area contributed by atoms with Crippen LogP contribution < -0.4 is 11.1 Å². The largest absolute Gasteiger partial charge is 0.507 e. The highest BCUT2D eigenvalue weighted by Gasteiger charge is 2.33. The van der Waals surface area contributed by atoms with Crippen LogP contribution in [0.15, 0.2) is 67.1 Å². The van der Waals surface area contributed by atoms with Gasteiger partial charge in [0.2, 0.25) is 5.91 Å². The number of aromatic nitrogens is 1. The minimum Gasteiger partial charge on any atom is -0.507 e. The number of nitrogens with zero attached hydrogens (tertiary/aromatic N) is 3. The molecule has 1 aromatic rings. The third-order valence-corrected chi connectivity index (χ3v) is 7.51. The zero-order valence-electron chi connectivity index (χ0n) is 23.2. The molecule has 1 aromatic heterocycles. The smallest absolute Gasteiger partial charge is 0.225 e. The maximum atomic E-state index is 12.8. The van der Waals surface area contributed by atoms with E-state index in [1.807, 2.05) is 19.1 Å². The highest BCUT2D eigenvalue weighted by atomic mass is 16.3. The minimum absolute atomic E-state index is 0.0171. The second kappa shape index (κ2) is 14.3. The summed E-state index contributed by atoms with van der Waals surface area (Å²) in [5.41, 5.74) is 8.68. The second-order valence-corrected chi connectivity index (χ2v) is 10.1. The summed E-state index contributed by atoms with van der Waals surface area (Å²) in [4.78, 5) is 19.7. The molecular weight excluding hydrogens is 486 g/mol. The van der Waals surface area contributed by atoms with Gasteiger partial charge in [-0.05, 0) is 75.8 Å². The summed E-state index contributed by atoms with van der Waals surface area (Å²) >= 11 is 0. The van der Waals surface area contributed by atoms with Gasteiger partial charge in [0, 0.05) is 35.8 Å². The number of pyridine rings is 1. The minimum atomic E-state index is -0.0856. The summed E-state index contributed by atoms with van der Waals surface area (Å²) in [5.74, 6) is 0.708. The number of allylic oxidation sites excluding steroid dienone is 8. The van der Waals surface area contributed by atoms with Crippen molar-refractivity contribution in [1.82, 2.24) is 15.2 Å². The molecule has 1 amide bonds. The number of nitriles is 1. The van der Waals surface area contributed by atoms with E-state index >= 15 is 0 Å². The first kappa shape index (κ1) is 29.7. The molecule has 1 aliphatic heterocycles. The maximum absolute atomic E-state index is 12.8. The monoisotopic (exact) mass is 527 g/mol. The van der Waals surface area contributed by atoms with Crippen molar-refractivity contribution in [2.45, 2.75) is 64.8 Å². The van der Waals surface area contributed by atoms with Crippen molar-refractivity contribution in [3.05, 3.63) is 84.0 Å². The van der Waals surface area contributed by atoms with Crippen LogP contribution in [0.25, 0.3) is 11.1 Å². The van der Waals surface area contributed by atoms with Crippen LogP contribution in [0, 0.1) is 17.2 Å². The van der Waals surface area contributed by atoms with Gasteiger partial charge in [-0.2, -0.15) is 5.26 Å². The summed E-state index contributed by atoms with van der Waals surface area (Å²) in [6, 6.07) is 4.43. The number of nitrogen functional groups attached to an aromatic ring is 1. The number of hydrogen-bond donors (Lipinski definition) is 3. The van der Waals surface area contributed by atoms with Crippen molar-refractivity contribution in [3.63, 3.8) is 0 Å². The van der Waals surface area contributed by atoms with Gasteiger partial charge in [0.15, 0.2) is 0 Å². The van der Waals surface area contributed by atoms with Gasteiger partial charge in [-0.1, -0.05) is 50.3 Å². The summed E-state index contributed by atoms with van der Waals surface area (Å²) in [5, 5.41) is 23.2. The molecule has 0 spiro atoms. The Morgan fingerprint density at radius 1 is 1.26 bits per heavy atom. The molecule has 206 valence electrons. The van der Waals surface area contributed by atoms with Crippen molar-refractivity contribution in [1.29, 1.82) is 5.26 Å². The van der Waals surface area contributed by atoms with E-state index in [1.54, 1.807) is 25.1 Å². The molecule has 1 saturated carbocycles. The molecule has 3 rings (SSSR count). The fourth-order valence-corrected chi connectivity index (χ4v) is 5.75. The number of nitrogens with one attached hydrogen (secondary N) is 1. The van der Waals surface area contributed by atoms with Crippen molar-refractivity contribution >= 4 is 22.9 Å². The number of amides is 1. The first-order chi connectivity index (χ1) is 18.8. The second-order valence-electron chi connectivity index (χ2n) is 10.1. The molecule has 2 fully saturated rings. The Balaban J connectivity index is 1.81. The third kappa shape index (κ3) is 7.58. The topological polar surface area (TPSA) is 115 Å². The molecule has 7 nitrogen and oxygen atoms in total. The molecular formula is C32H41N5O2. The molecule has 0 aromatic carbocycles. The Labute approximate surface area is 232 Å². The Hall–Kier alpha value is -3.89. The standard InChI is InChI=1S/C32H41N5O2/c1-5-11-24(26-20-28(36-32(34)27(26)21-33)25(7-3)30(38)12-6-2)19-22(4)35-31(39)16-18-37-17-10-14-23-13-8-9-15-29(23)37/h5-7,11-12,19-20,23,29,38H,3-4,8-10,13-18H2,1-2H3,(H2,34,36)(H,35,39)/b11-5-,12-6-,24-19+,30-25-. The molecule has 2 atom stereocenters. The van der Waals surface area contributed by atoms with Crippen LogP contribution in [-0.2, 0) is 4.79 Å². The van der Waals surface area contributed by atoms with E-state index in [1.165, 1.54) is 50.7 Å². The number of hydrogen-bond acceptors (Lipinski definition) is 6. The molecule has 1 aliphatic carbocycles. The summed E-state index contributed by atoms with van der Waals surface area (Å²) in [7, 11) is 0.